The number of likely N-dealkylation sites (N-methyl/N-ethyl adjacent to an activating group) is 1. The maximum absolute atomic E-state index is 12.3. The molecule has 0 atom stereocenters. The van der Waals surface area contributed by atoms with Crippen molar-refractivity contribution in [3.05, 3.63) is 34.7 Å². The van der Waals surface area contributed by atoms with Crippen molar-refractivity contribution in [1.82, 2.24) is 14.3 Å². The molecule has 2 heterocycles. The van der Waals surface area contributed by atoms with Crippen LogP contribution in [-0.2, 0) is 0 Å². The number of imidazole rings is 1. The number of carbonyl (C=O) groups is 1. The number of hydrogen-bond donors (Lipinski definition) is 1. The molecule has 0 fully saturated rings. The Kier molecular flexibility index (Phi) is 3.54. The van der Waals surface area contributed by atoms with Crippen LogP contribution in [0.2, 0.25) is 5.02 Å². The van der Waals surface area contributed by atoms with Crippen molar-refractivity contribution in [3.63, 3.8) is 0 Å². The average molecular weight is 268 g/mol. The Morgan fingerprint density at radius 2 is 2.28 bits per heavy atom. The van der Waals surface area contributed by atoms with Crippen molar-refractivity contribution in [2.24, 2.45) is 0 Å². The first kappa shape index (κ1) is 12.9. The van der Waals surface area contributed by atoms with Gasteiger partial charge in [-0.25, -0.2) is 4.98 Å². The van der Waals surface area contributed by atoms with Crippen LogP contribution in [-0.4, -0.2) is 45.5 Å². The van der Waals surface area contributed by atoms with Crippen LogP contribution in [0.4, 0.5) is 0 Å². The second-order valence-corrected chi connectivity index (χ2v) is 4.51. The number of aliphatic hydroxyl groups excluding tert-OH is 1. The Hall–Kier alpha value is -1.59. The van der Waals surface area contributed by atoms with E-state index in [1.165, 1.54) is 4.90 Å². The molecule has 18 heavy (non-hydrogen) atoms. The second-order valence-electron chi connectivity index (χ2n) is 4.07. The van der Waals surface area contributed by atoms with E-state index in [1.807, 2.05) is 0 Å². The third-order valence-corrected chi connectivity index (χ3v) is 2.96. The number of halogens is 1. The highest BCUT2D eigenvalue weighted by molar-refractivity contribution is 6.30. The van der Waals surface area contributed by atoms with E-state index >= 15 is 0 Å². The summed E-state index contributed by atoms with van der Waals surface area (Å²) in [6, 6.07) is 3.49. The number of carbonyl (C=O) groups excluding carboxylic acids is 1. The number of aromatic nitrogens is 2. The van der Waals surface area contributed by atoms with Gasteiger partial charge in [0.05, 0.1) is 17.3 Å². The van der Waals surface area contributed by atoms with Gasteiger partial charge in [0.15, 0.2) is 0 Å². The predicted octanol–water partition coefficient (Wildman–Crippen LogP) is 1.36. The zero-order chi connectivity index (χ0) is 13.3. The lowest BCUT2D eigenvalue weighted by molar-refractivity contribution is 0.0759. The molecule has 0 saturated heterocycles. The van der Waals surface area contributed by atoms with Crippen molar-refractivity contribution in [3.8, 4) is 0 Å². The average Bonchev–Trinajstić information content (AvgIpc) is 2.64. The van der Waals surface area contributed by atoms with E-state index in [1.54, 1.807) is 36.7 Å². The van der Waals surface area contributed by atoms with E-state index in [2.05, 4.69) is 4.98 Å². The summed E-state index contributed by atoms with van der Waals surface area (Å²) in [6.45, 7) is 1.99. The molecule has 2 aromatic heterocycles. The van der Waals surface area contributed by atoms with E-state index in [0.717, 1.165) is 0 Å². The summed E-state index contributed by atoms with van der Waals surface area (Å²) < 4.78 is 1.67. The Balaban J connectivity index is 2.52. The number of amides is 1. The van der Waals surface area contributed by atoms with Gasteiger partial charge in [0.1, 0.15) is 11.3 Å². The molecule has 0 unspecified atom stereocenters. The second kappa shape index (κ2) is 4.96. The molecule has 0 spiro atoms. The molecule has 2 aromatic rings. The maximum atomic E-state index is 12.3. The van der Waals surface area contributed by atoms with Crippen molar-refractivity contribution in [1.29, 1.82) is 0 Å². The van der Waals surface area contributed by atoms with Crippen LogP contribution in [0, 0.1) is 6.92 Å². The Labute approximate surface area is 110 Å². The molecular weight excluding hydrogens is 254 g/mol. The van der Waals surface area contributed by atoms with Gasteiger partial charge in [0, 0.05) is 19.8 Å². The zero-order valence-electron chi connectivity index (χ0n) is 10.2. The van der Waals surface area contributed by atoms with Gasteiger partial charge in [-0.05, 0) is 19.1 Å². The standard InChI is InChI=1S/C12H14ClN3O2/c1-8-11(12(18)15(2)5-6-17)16-7-9(13)3-4-10(16)14-8/h3-4,7,17H,5-6H2,1-2H3. The molecule has 0 aliphatic heterocycles. The molecule has 0 radical (unpaired) electrons. The molecule has 0 aliphatic carbocycles. The first-order valence-electron chi connectivity index (χ1n) is 5.55. The van der Waals surface area contributed by atoms with Crippen molar-refractivity contribution < 1.29 is 9.90 Å². The van der Waals surface area contributed by atoms with Crippen LogP contribution in [0.3, 0.4) is 0 Å². The molecule has 0 bridgehead atoms. The number of pyridine rings is 1. The lowest BCUT2D eigenvalue weighted by Crippen LogP contribution is -2.30. The Bertz CT molecular complexity index is 594. The van der Waals surface area contributed by atoms with E-state index in [-0.39, 0.29) is 19.1 Å². The van der Waals surface area contributed by atoms with Crippen LogP contribution < -0.4 is 0 Å². The maximum Gasteiger partial charge on any atom is 0.272 e. The Morgan fingerprint density at radius 1 is 1.56 bits per heavy atom. The summed E-state index contributed by atoms with van der Waals surface area (Å²) in [5.41, 5.74) is 1.80. The molecular formula is C12H14ClN3O2. The SMILES string of the molecule is Cc1nc2ccc(Cl)cn2c1C(=O)N(C)CCO. The summed E-state index contributed by atoms with van der Waals surface area (Å²) in [5, 5.41) is 9.41. The van der Waals surface area contributed by atoms with E-state index in [9.17, 15) is 4.79 Å². The molecule has 1 N–H and O–H groups in total. The van der Waals surface area contributed by atoms with Crippen molar-refractivity contribution >= 4 is 23.2 Å². The van der Waals surface area contributed by atoms with Gasteiger partial charge in [-0.3, -0.25) is 9.20 Å². The molecule has 0 saturated carbocycles. The van der Waals surface area contributed by atoms with Crippen molar-refractivity contribution in [2.45, 2.75) is 6.92 Å². The van der Waals surface area contributed by atoms with Gasteiger partial charge in [-0.2, -0.15) is 0 Å². The normalized spacial score (nSPS) is 10.9. The first-order chi connectivity index (χ1) is 8.54. The third-order valence-electron chi connectivity index (χ3n) is 2.74. The third kappa shape index (κ3) is 2.19. The summed E-state index contributed by atoms with van der Waals surface area (Å²) in [7, 11) is 1.64. The Morgan fingerprint density at radius 3 is 2.94 bits per heavy atom. The van der Waals surface area contributed by atoms with Crippen LogP contribution in [0.1, 0.15) is 16.2 Å². The van der Waals surface area contributed by atoms with Gasteiger partial charge >= 0.3 is 0 Å². The number of aliphatic hydroxyl groups is 1. The molecule has 0 aromatic carbocycles. The molecule has 5 nitrogen and oxygen atoms in total. The summed E-state index contributed by atoms with van der Waals surface area (Å²) in [4.78, 5) is 18.0. The smallest absolute Gasteiger partial charge is 0.272 e. The molecule has 2 rings (SSSR count). The fraction of sp³-hybridized carbons (Fsp3) is 0.333. The number of nitrogens with zero attached hydrogens (tertiary/aromatic N) is 3. The molecule has 6 heteroatoms. The fourth-order valence-electron chi connectivity index (χ4n) is 1.83. The minimum Gasteiger partial charge on any atom is -0.395 e. The van der Waals surface area contributed by atoms with E-state index in [0.29, 0.717) is 22.1 Å². The largest absolute Gasteiger partial charge is 0.395 e. The van der Waals surface area contributed by atoms with E-state index < -0.39 is 0 Å². The van der Waals surface area contributed by atoms with E-state index in [4.69, 9.17) is 16.7 Å². The van der Waals surface area contributed by atoms with Crippen molar-refractivity contribution in [2.75, 3.05) is 20.2 Å². The van der Waals surface area contributed by atoms with Gasteiger partial charge in [0.2, 0.25) is 0 Å². The number of fused-ring (bicyclic) bond motifs is 1. The monoisotopic (exact) mass is 267 g/mol. The van der Waals surface area contributed by atoms with Crippen LogP contribution in [0.5, 0.6) is 0 Å². The van der Waals surface area contributed by atoms with Crippen LogP contribution >= 0.6 is 11.6 Å². The lowest BCUT2D eigenvalue weighted by atomic mass is 10.3. The fourth-order valence-corrected chi connectivity index (χ4v) is 1.99. The minimum absolute atomic E-state index is 0.0707. The summed E-state index contributed by atoms with van der Waals surface area (Å²) in [5.74, 6) is -0.184. The highest BCUT2D eigenvalue weighted by atomic mass is 35.5. The predicted molar refractivity (Wildman–Crippen MR) is 69.0 cm³/mol. The topological polar surface area (TPSA) is 57.8 Å². The van der Waals surface area contributed by atoms with Gasteiger partial charge in [0.25, 0.3) is 5.91 Å². The molecule has 1 amide bonds. The first-order valence-corrected chi connectivity index (χ1v) is 5.93. The van der Waals surface area contributed by atoms with Crippen LogP contribution in [0.25, 0.3) is 5.65 Å². The summed E-state index contributed by atoms with van der Waals surface area (Å²) >= 11 is 5.93. The lowest BCUT2D eigenvalue weighted by Gasteiger charge is -2.15. The summed E-state index contributed by atoms with van der Waals surface area (Å²) in [6.07, 6.45) is 1.66. The van der Waals surface area contributed by atoms with Gasteiger partial charge < -0.3 is 10.0 Å². The number of hydrogen-bond acceptors (Lipinski definition) is 3. The number of rotatable bonds is 3. The highest BCUT2D eigenvalue weighted by Crippen LogP contribution is 2.17. The van der Waals surface area contributed by atoms with Gasteiger partial charge in [-0.15, -0.1) is 0 Å². The zero-order valence-corrected chi connectivity index (χ0v) is 11.0. The molecule has 96 valence electrons. The van der Waals surface area contributed by atoms with Gasteiger partial charge in [-0.1, -0.05) is 11.6 Å². The number of aryl methyl sites for hydroxylation is 1. The minimum atomic E-state index is -0.184. The highest BCUT2D eigenvalue weighted by Gasteiger charge is 2.19. The van der Waals surface area contributed by atoms with Crippen LogP contribution in [0.15, 0.2) is 18.3 Å². The quantitative estimate of drug-likeness (QED) is 0.914. The molecule has 0 aliphatic rings.